The van der Waals surface area contributed by atoms with E-state index >= 15 is 0 Å². The van der Waals surface area contributed by atoms with Crippen molar-refractivity contribution in [3.8, 4) is 5.75 Å². The van der Waals surface area contributed by atoms with Crippen LogP contribution in [0.4, 0.5) is 0 Å². The normalized spacial score (nSPS) is 20.3. The highest BCUT2D eigenvalue weighted by Crippen LogP contribution is 2.27. The number of Topliss-reactive ketones (excluding diaryl/α,β-unsaturated/α-hetero) is 3. The SMILES string of the molecule is CC(=O)CN1CCN(CC(=O)O)CCN(CC(=O)CCCNC(=O)[C@H](CCCN=C(N)N)CC(=O)[C@@H]2Cc3ccc(cc3)OCCC[C@H](C(=O)NO)[C@@H](CC(C)C)C(=O)N2)CC1. The second-order valence-electron chi connectivity index (χ2n) is 16.9. The fourth-order valence-electron chi connectivity index (χ4n) is 7.93. The van der Waals surface area contributed by atoms with Crippen LogP contribution in [0.1, 0.15) is 77.7 Å². The number of benzene rings is 1. The minimum absolute atomic E-state index is 0.00326. The molecule has 1 aromatic carbocycles. The number of hydrogen-bond acceptors (Lipinski definition) is 13. The van der Waals surface area contributed by atoms with E-state index in [4.69, 9.17) is 16.2 Å². The van der Waals surface area contributed by atoms with Gasteiger partial charge < -0.3 is 31.9 Å². The van der Waals surface area contributed by atoms with E-state index in [1.165, 1.54) is 6.92 Å². The van der Waals surface area contributed by atoms with Crippen molar-refractivity contribution < 1.29 is 48.6 Å². The van der Waals surface area contributed by atoms with Crippen molar-refractivity contribution in [3.05, 3.63) is 29.8 Å². The number of carboxylic acid groups (broad SMARTS) is 1. The Morgan fingerprint density at radius 3 is 2.15 bits per heavy atom. The summed E-state index contributed by atoms with van der Waals surface area (Å²) in [6.07, 6.45) is 2.06. The maximum absolute atomic E-state index is 14.3. The number of nitrogens with one attached hydrogen (secondary N) is 3. The van der Waals surface area contributed by atoms with Crippen molar-refractivity contribution in [1.29, 1.82) is 0 Å². The first-order chi connectivity index (χ1) is 29.5. The molecule has 346 valence electrons. The van der Waals surface area contributed by atoms with Crippen LogP contribution in [0.2, 0.25) is 0 Å². The van der Waals surface area contributed by atoms with Crippen LogP contribution in [0, 0.1) is 23.7 Å². The number of carboxylic acids is 1. The van der Waals surface area contributed by atoms with E-state index in [2.05, 4.69) is 15.6 Å². The molecule has 9 N–H and O–H groups in total. The molecule has 1 fully saturated rings. The Kier molecular flexibility index (Phi) is 22.5. The molecule has 19 nitrogen and oxygen atoms in total. The topological polar surface area (TPSA) is 279 Å². The monoisotopic (exact) mass is 872 g/mol. The summed E-state index contributed by atoms with van der Waals surface area (Å²) in [5, 5.41) is 24.8. The lowest BCUT2D eigenvalue weighted by molar-refractivity contribution is -0.142. The van der Waals surface area contributed by atoms with Gasteiger partial charge in [0.15, 0.2) is 11.7 Å². The van der Waals surface area contributed by atoms with Crippen LogP contribution >= 0.6 is 0 Å². The zero-order chi connectivity index (χ0) is 45.6. The first-order valence-electron chi connectivity index (χ1n) is 21.8. The molecule has 3 heterocycles. The Balaban J connectivity index is 1.72. The number of carbonyl (C=O) groups is 7. The summed E-state index contributed by atoms with van der Waals surface area (Å²) in [5.74, 6) is -5.03. The first-order valence-corrected chi connectivity index (χ1v) is 21.8. The maximum atomic E-state index is 14.3. The Morgan fingerprint density at radius 2 is 1.56 bits per heavy atom. The summed E-state index contributed by atoms with van der Waals surface area (Å²) >= 11 is 0. The Hall–Kier alpha value is -4.98. The molecule has 0 radical (unpaired) electrons. The van der Waals surface area contributed by atoms with E-state index in [9.17, 15) is 43.9 Å². The van der Waals surface area contributed by atoms with Gasteiger partial charge in [-0.3, -0.25) is 58.5 Å². The number of guanidine groups is 1. The number of ketones is 3. The van der Waals surface area contributed by atoms with Gasteiger partial charge in [0.05, 0.1) is 38.2 Å². The standard InChI is InChI=1S/C43H69N9O10/c1-29(2)23-36-35(42(60)49-61)9-6-22-62-34-12-10-31(11-13-34)24-37(48-41(36)59)38(55)25-32(7-4-15-47-43(44)45)40(58)46-14-5-8-33(54)27-51-18-16-50(26-30(3)53)17-20-52(21-19-51)28-39(56)57/h10-13,29,32,35-37,61H,4-9,14-28H2,1-3H3,(H,46,58)(H,48,59)(H,49,60)(H,56,57)(H4,44,45,47)/t32-,35+,36-,37+/m1/s1. The molecule has 1 saturated heterocycles. The van der Waals surface area contributed by atoms with Gasteiger partial charge in [0.25, 0.3) is 0 Å². The zero-order valence-corrected chi connectivity index (χ0v) is 36.6. The van der Waals surface area contributed by atoms with Gasteiger partial charge in [0, 0.05) is 77.0 Å². The molecule has 3 aliphatic heterocycles. The van der Waals surface area contributed by atoms with E-state index in [1.807, 2.05) is 35.8 Å². The van der Waals surface area contributed by atoms with Gasteiger partial charge in [-0.25, -0.2) is 5.48 Å². The van der Waals surface area contributed by atoms with Gasteiger partial charge in [0.2, 0.25) is 17.7 Å². The van der Waals surface area contributed by atoms with E-state index in [0.29, 0.717) is 77.3 Å². The number of aliphatic carboxylic acids is 1. The predicted octanol–water partition coefficient (Wildman–Crippen LogP) is 0.358. The maximum Gasteiger partial charge on any atom is 0.317 e. The smallest absolute Gasteiger partial charge is 0.317 e. The molecular formula is C43H69N9O10. The molecule has 19 heteroatoms. The zero-order valence-electron chi connectivity index (χ0n) is 36.6. The molecule has 0 aliphatic carbocycles. The number of nitrogens with two attached hydrogens (primary N) is 2. The van der Waals surface area contributed by atoms with Crippen molar-refractivity contribution in [1.82, 2.24) is 30.8 Å². The summed E-state index contributed by atoms with van der Waals surface area (Å²) in [4.78, 5) is 101. The van der Waals surface area contributed by atoms with Crippen molar-refractivity contribution >= 4 is 47.0 Å². The predicted molar refractivity (Wildman–Crippen MR) is 231 cm³/mol. The molecule has 0 saturated carbocycles. The third-order valence-electron chi connectivity index (χ3n) is 11.1. The summed E-state index contributed by atoms with van der Waals surface area (Å²) in [7, 11) is 0. The molecular weight excluding hydrogens is 803 g/mol. The molecule has 3 amide bonds. The van der Waals surface area contributed by atoms with Crippen LogP contribution < -0.4 is 32.3 Å². The number of aliphatic imine (C=N–C) groups is 1. The van der Waals surface area contributed by atoms with Crippen LogP contribution in [0.3, 0.4) is 0 Å². The third-order valence-corrected chi connectivity index (χ3v) is 11.1. The van der Waals surface area contributed by atoms with Crippen molar-refractivity contribution in [2.45, 2.75) is 84.6 Å². The van der Waals surface area contributed by atoms with Gasteiger partial charge in [-0.1, -0.05) is 26.0 Å². The van der Waals surface area contributed by atoms with Gasteiger partial charge >= 0.3 is 5.97 Å². The minimum atomic E-state index is -1.05. The molecule has 0 spiro atoms. The highest BCUT2D eigenvalue weighted by molar-refractivity contribution is 5.94. The van der Waals surface area contributed by atoms with Crippen LogP contribution in [0.5, 0.6) is 5.75 Å². The second kappa shape index (κ2) is 27.2. The van der Waals surface area contributed by atoms with E-state index < -0.39 is 47.5 Å². The Bertz CT molecular complexity index is 1640. The Morgan fingerprint density at radius 1 is 0.935 bits per heavy atom. The quantitative estimate of drug-likeness (QED) is 0.0289. The first kappa shape index (κ1) is 51.4. The number of amides is 3. The largest absolute Gasteiger partial charge is 0.494 e. The van der Waals surface area contributed by atoms with E-state index in [1.54, 1.807) is 22.5 Å². The number of hydrogen-bond donors (Lipinski definition) is 7. The number of carbonyl (C=O) groups excluding carboxylic acids is 6. The van der Waals surface area contributed by atoms with Crippen LogP contribution in [0.15, 0.2) is 29.3 Å². The lowest BCUT2D eigenvalue weighted by atomic mass is 9.81. The van der Waals surface area contributed by atoms with E-state index in [-0.39, 0.29) is 94.1 Å². The molecule has 4 rings (SSSR count). The molecule has 1 aromatic rings. The third kappa shape index (κ3) is 19.4. The summed E-state index contributed by atoms with van der Waals surface area (Å²) in [6, 6.07) is 6.12. The molecule has 3 aliphatic rings. The summed E-state index contributed by atoms with van der Waals surface area (Å²) < 4.78 is 5.87. The van der Waals surface area contributed by atoms with Gasteiger partial charge in [0.1, 0.15) is 17.3 Å². The number of nitrogens with zero attached hydrogens (tertiary/aromatic N) is 4. The lowest BCUT2D eigenvalue weighted by Crippen LogP contribution is -2.49. The number of hydroxylamine groups is 1. The molecule has 0 aromatic heterocycles. The van der Waals surface area contributed by atoms with Gasteiger partial charge in [-0.2, -0.15) is 0 Å². The Labute approximate surface area is 364 Å². The van der Waals surface area contributed by atoms with Gasteiger partial charge in [-0.05, 0) is 75.5 Å². The highest BCUT2D eigenvalue weighted by atomic mass is 16.5. The molecule has 62 heavy (non-hydrogen) atoms. The fraction of sp³-hybridized carbons (Fsp3) is 0.674. The average molecular weight is 872 g/mol. The van der Waals surface area contributed by atoms with Crippen LogP contribution in [-0.4, -0.2) is 157 Å². The van der Waals surface area contributed by atoms with Crippen molar-refractivity contribution in [2.24, 2.45) is 40.1 Å². The minimum Gasteiger partial charge on any atom is -0.494 e. The second-order valence-corrected chi connectivity index (χ2v) is 16.9. The van der Waals surface area contributed by atoms with Crippen LogP contribution in [0.25, 0.3) is 0 Å². The summed E-state index contributed by atoms with van der Waals surface area (Å²) in [6.45, 7) is 9.34. The summed E-state index contributed by atoms with van der Waals surface area (Å²) in [5.41, 5.74) is 13.5. The number of ether oxygens (including phenoxy) is 1. The number of rotatable bonds is 21. The molecule has 0 unspecified atom stereocenters. The van der Waals surface area contributed by atoms with Crippen molar-refractivity contribution in [3.63, 3.8) is 0 Å². The van der Waals surface area contributed by atoms with Crippen LogP contribution in [-0.2, 0) is 40.0 Å². The highest BCUT2D eigenvalue weighted by Gasteiger charge is 2.37. The van der Waals surface area contributed by atoms with E-state index in [0.717, 1.165) is 5.56 Å². The van der Waals surface area contributed by atoms with Crippen molar-refractivity contribution in [2.75, 3.05) is 78.6 Å². The fourth-order valence-corrected chi connectivity index (χ4v) is 7.93. The molecule has 2 bridgehead atoms. The van der Waals surface area contributed by atoms with Gasteiger partial charge in [-0.15, -0.1) is 0 Å². The lowest BCUT2D eigenvalue weighted by Gasteiger charge is -2.29. The number of fused-ring (bicyclic) bond motifs is 11. The molecule has 4 atom stereocenters. The average Bonchev–Trinajstić information content (AvgIpc) is 3.29.